The molecule has 5 nitrogen and oxygen atoms in total. The molecule has 0 radical (unpaired) electrons. The average molecular weight is 184 g/mol. The van der Waals surface area contributed by atoms with Gasteiger partial charge in [0.1, 0.15) is 0 Å². The number of hydrazone groups is 1. The molecule has 2 amide bonds. The Balaban J connectivity index is 2.52. The molecule has 64 valence electrons. The largest absolute Gasteiger partial charge is 0.350 e. The number of urea groups is 1. The number of carbonyl (C=O) groups is 1. The SMILES string of the molecule is Cc1nc(/C=N/NC(N)=O)cs1. The number of hydrogen-bond donors (Lipinski definition) is 2. The molecule has 0 aliphatic heterocycles. The Morgan fingerprint density at radius 2 is 2.67 bits per heavy atom. The fourth-order valence-electron chi connectivity index (χ4n) is 0.601. The summed E-state index contributed by atoms with van der Waals surface area (Å²) in [5, 5.41) is 6.34. The highest BCUT2D eigenvalue weighted by atomic mass is 32.1. The third-order valence-electron chi connectivity index (χ3n) is 1.01. The maximum Gasteiger partial charge on any atom is 0.332 e. The molecule has 0 unspecified atom stereocenters. The van der Waals surface area contributed by atoms with Crippen molar-refractivity contribution in [3.8, 4) is 0 Å². The Labute approximate surface area is 73.3 Å². The van der Waals surface area contributed by atoms with Crippen molar-refractivity contribution in [2.24, 2.45) is 10.8 Å². The first-order valence-corrected chi connectivity index (χ1v) is 4.07. The highest BCUT2D eigenvalue weighted by Crippen LogP contribution is 2.04. The van der Waals surface area contributed by atoms with Gasteiger partial charge in [-0.1, -0.05) is 0 Å². The van der Waals surface area contributed by atoms with Crippen LogP contribution in [0, 0.1) is 6.92 Å². The number of primary amides is 1. The molecular formula is C6H8N4OS. The molecule has 0 bridgehead atoms. The van der Waals surface area contributed by atoms with Crippen molar-refractivity contribution in [1.82, 2.24) is 10.4 Å². The Hall–Kier alpha value is -1.43. The maximum atomic E-state index is 10.2. The van der Waals surface area contributed by atoms with E-state index in [0.29, 0.717) is 5.69 Å². The minimum atomic E-state index is -0.682. The van der Waals surface area contributed by atoms with E-state index in [9.17, 15) is 4.79 Å². The van der Waals surface area contributed by atoms with Crippen LogP contribution in [0.1, 0.15) is 10.7 Å². The number of nitrogens with one attached hydrogen (secondary N) is 1. The van der Waals surface area contributed by atoms with Gasteiger partial charge in [-0.15, -0.1) is 11.3 Å². The van der Waals surface area contributed by atoms with Crippen molar-refractivity contribution in [1.29, 1.82) is 0 Å². The smallest absolute Gasteiger partial charge is 0.332 e. The average Bonchev–Trinajstić information content (AvgIpc) is 2.35. The number of rotatable bonds is 2. The normalized spacial score (nSPS) is 10.4. The van der Waals surface area contributed by atoms with E-state index >= 15 is 0 Å². The predicted molar refractivity (Wildman–Crippen MR) is 47.2 cm³/mol. The van der Waals surface area contributed by atoms with Gasteiger partial charge in [-0.05, 0) is 6.92 Å². The Morgan fingerprint density at radius 1 is 1.92 bits per heavy atom. The number of nitrogens with two attached hydrogens (primary N) is 1. The van der Waals surface area contributed by atoms with E-state index in [0.717, 1.165) is 5.01 Å². The Kier molecular flexibility index (Phi) is 2.76. The predicted octanol–water partition coefficient (Wildman–Crippen LogP) is 0.454. The van der Waals surface area contributed by atoms with Crippen molar-refractivity contribution in [3.05, 3.63) is 16.1 Å². The zero-order valence-electron chi connectivity index (χ0n) is 6.44. The van der Waals surface area contributed by atoms with Gasteiger partial charge in [-0.3, -0.25) is 0 Å². The van der Waals surface area contributed by atoms with Gasteiger partial charge >= 0.3 is 6.03 Å². The van der Waals surface area contributed by atoms with Crippen molar-refractivity contribution in [2.45, 2.75) is 6.92 Å². The lowest BCUT2D eigenvalue weighted by Gasteiger charge is -1.87. The standard InChI is InChI=1S/C6H8N4OS/c1-4-9-5(3-12-4)2-8-10-6(7)11/h2-3H,1H3,(H3,7,10,11)/b8-2+. The van der Waals surface area contributed by atoms with Crippen LogP contribution in [0.5, 0.6) is 0 Å². The zero-order valence-corrected chi connectivity index (χ0v) is 7.26. The summed E-state index contributed by atoms with van der Waals surface area (Å²) in [5.74, 6) is 0. The molecule has 0 spiro atoms. The van der Waals surface area contributed by atoms with Gasteiger partial charge in [0, 0.05) is 5.38 Å². The van der Waals surface area contributed by atoms with E-state index in [1.54, 1.807) is 0 Å². The third-order valence-corrected chi connectivity index (χ3v) is 1.80. The Bertz CT molecular complexity index is 306. The first kappa shape index (κ1) is 8.66. The molecule has 12 heavy (non-hydrogen) atoms. The molecule has 1 rings (SSSR count). The number of thiazole rings is 1. The fraction of sp³-hybridized carbons (Fsp3) is 0.167. The van der Waals surface area contributed by atoms with E-state index in [2.05, 4.69) is 15.5 Å². The van der Waals surface area contributed by atoms with Crippen molar-refractivity contribution >= 4 is 23.6 Å². The molecular weight excluding hydrogens is 176 g/mol. The summed E-state index contributed by atoms with van der Waals surface area (Å²) < 4.78 is 0. The number of nitrogens with zero attached hydrogens (tertiary/aromatic N) is 2. The third kappa shape index (κ3) is 2.67. The highest BCUT2D eigenvalue weighted by Gasteiger charge is 1.92. The number of aromatic nitrogens is 1. The lowest BCUT2D eigenvalue weighted by Crippen LogP contribution is -2.24. The lowest BCUT2D eigenvalue weighted by atomic mass is 10.5. The minimum Gasteiger partial charge on any atom is -0.350 e. The van der Waals surface area contributed by atoms with E-state index in [-0.39, 0.29) is 0 Å². The van der Waals surface area contributed by atoms with Crippen LogP contribution in [0.15, 0.2) is 10.5 Å². The van der Waals surface area contributed by atoms with Crippen LogP contribution in [-0.4, -0.2) is 17.2 Å². The van der Waals surface area contributed by atoms with Crippen LogP contribution >= 0.6 is 11.3 Å². The second-order valence-corrected chi connectivity index (χ2v) is 3.09. The zero-order chi connectivity index (χ0) is 8.97. The molecule has 0 aromatic carbocycles. The first-order chi connectivity index (χ1) is 5.68. The minimum absolute atomic E-state index is 0.682. The van der Waals surface area contributed by atoms with Crippen LogP contribution < -0.4 is 11.2 Å². The number of aryl methyl sites for hydroxylation is 1. The summed E-state index contributed by atoms with van der Waals surface area (Å²) in [6.45, 7) is 1.89. The van der Waals surface area contributed by atoms with Crippen LogP contribution in [0.3, 0.4) is 0 Å². The van der Waals surface area contributed by atoms with E-state index in [1.807, 2.05) is 12.3 Å². The van der Waals surface area contributed by atoms with Crippen molar-refractivity contribution < 1.29 is 4.79 Å². The quantitative estimate of drug-likeness (QED) is 0.517. The molecule has 6 heteroatoms. The van der Waals surface area contributed by atoms with Gasteiger partial charge in [-0.25, -0.2) is 15.2 Å². The van der Waals surface area contributed by atoms with Gasteiger partial charge < -0.3 is 5.73 Å². The van der Waals surface area contributed by atoms with Gasteiger partial charge in [0.2, 0.25) is 0 Å². The lowest BCUT2D eigenvalue weighted by molar-refractivity contribution is 0.249. The Morgan fingerprint density at radius 3 is 3.17 bits per heavy atom. The fourth-order valence-corrected chi connectivity index (χ4v) is 1.16. The maximum absolute atomic E-state index is 10.2. The van der Waals surface area contributed by atoms with Crippen molar-refractivity contribution in [3.63, 3.8) is 0 Å². The molecule has 0 atom stereocenters. The summed E-state index contributed by atoms with van der Waals surface area (Å²) in [7, 11) is 0. The summed E-state index contributed by atoms with van der Waals surface area (Å²) in [6, 6.07) is -0.682. The van der Waals surface area contributed by atoms with Crippen LogP contribution in [0.2, 0.25) is 0 Å². The van der Waals surface area contributed by atoms with E-state index in [4.69, 9.17) is 5.73 Å². The summed E-state index contributed by atoms with van der Waals surface area (Å²) >= 11 is 1.52. The molecule has 0 aliphatic rings. The van der Waals surface area contributed by atoms with E-state index < -0.39 is 6.03 Å². The molecule has 1 heterocycles. The monoisotopic (exact) mass is 184 g/mol. The van der Waals surface area contributed by atoms with Gasteiger partial charge in [0.25, 0.3) is 0 Å². The summed E-state index contributed by atoms with van der Waals surface area (Å²) in [6.07, 6.45) is 1.44. The number of carbonyl (C=O) groups excluding carboxylic acids is 1. The first-order valence-electron chi connectivity index (χ1n) is 3.19. The molecule has 1 aromatic heterocycles. The molecule has 0 aliphatic carbocycles. The summed E-state index contributed by atoms with van der Waals surface area (Å²) in [5.41, 5.74) is 7.57. The molecule has 0 fully saturated rings. The molecule has 0 saturated heterocycles. The van der Waals surface area contributed by atoms with Gasteiger partial charge in [-0.2, -0.15) is 5.10 Å². The van der Waals surface area contributed by atoms with Crippen LogP contribution in [0.25, 0.3) is 0 Å². The highest BCUT2D eigenvalue weighted by molar-refractivity contribution is 7.09. The number of amides is 2. The second-order valence-electron chi connectivity index (χ2n) is 2.03. The second kappa shape index (κ2) is 3.82. The van der Waals surface area contributed by atoms with Crippen molar-refractivity contribution in [2.75, 3.05) is 0 Å². The molecule has 0 saturated carbocycles. The van der Waals surface area contributed by atoms with E-state index in [1.165, 1.54) is 17.6 Å². The van der Waals surface area contributed by atoms with Gasteiger partial charge in [0.05, 0.1) is 16.9 Å². The van der Waals surface area contributed by atoms with Gasteiger partial charge in [0.15, 0.2) is 0 Å². The van der Waals surface area contributed by atoms with Crippen LogP contribution in [-0.2, 0) is 0 Å². The topological polar surface area (TPSA) is 80.4 Å². The van der Waals surface area contributed by atoms with Crippen LogP contribution in [0.4, 0.5) is 4.79 Å². The molecule has 3 N–H and O–H groups in total. The molecule has 1 aromatic rings. The summed E-state index contributed by atoms with van der Waals surface area (Å²) in [4.78, 5) is 14.3. The number of hydrogen-bond acceptors (Lipinski definition) is 4.